The Morgan fingerprint density at radius 2 is 2.00 bits per heavy atom. The predicted molar refractivity (Wildman–Crippen MR) is 63.7 cm³/mol. The third kappa shape index (κ3) is 3.21. The van der Waals surface area contributed by atoms with Crippen molar-refractivity contribution in [2.24, 2.45) is 0 Å². The van der Waals surface area contributed by atoms with Crippen molar-refractivity contribution in [3.63, 3.8) is 0 Å². The number of rotatable bonds is 2. The van der Waals surface area contributed by atoms with Crippen LogP contribution < -0.4 is 0 Å². The molecule has 0 N–H and O–H groups in total. The highest BCUT2D eigenvalue weighted by Gasteiger charge is 2.15. The predicted octanol–water partition coefficient (Wildman–Crippen LogP) is 3.66. The van der Waals surface area contributed by atoms with Crippen molar-refractivity contribution in [1.82, 2.24) is 0 Å². The molecular formula is C14H18O. The van der Waals surface area contributed by atoms with Crippen LogP contribution in [-0.4, -0.2) is 12.2 Å². The van der Waals surface area contributed by atoms with Crippen LogP contribution in [0, 0.1) is 0 Å². The van der Waals surface area contributed by atoms with Crippen LogP contribution in [0.2, 0.25) is 0 Å². The summed E-state index contributed by atoms with van der Waals surface area (Å²) >= 11 is 0. The minimum absolute atomic E-state index is 0.314. The average molecular weight is 202 g/mol. The molecule has 0 saturated carbocycles. The zero-order valence-electron chi connectivity index (χ0n) is 9.23. The van der Waals surface area contributed by atoms with Gasteiger partial charge in [-0.25, -0.2) is 0 Å². The molecule has 0 radical (unpaired) electrons. The maximum Gasteiger partial charge on any atom is 0.0762 e. The normalized spacial score (nSPS) is 27.0. The molecular weight excluding hydrogens is 184 g/mol. The van der Waals surface area contributed by atoms with E-state index in [0.717, 1.165) is 6.42 Å². The van der Waals surface area contributed by atoms with Gasteiger partial charge in [0.1, 0.15) is 0 Å². The van der Waals surface area contributed by atoms with E-state index in [0.29, 0.717) is 12.2 Å². The molecule has 0 bridgehead atoms. The Labute approximate surface area is 91.8 Å². The summed E-state index contributed by atoms with van der Waals surface area (Å²) in [7, 11) is 0. The highest BCUT2D eigenvalue weighted by molar-refractivity contribution is 5.49. The molecule has 80 valence electrons. The zero-order valence-corrected chi connectivity index (χ0v) is 9.23. The lowest BCUT2D eigenvalue weighted by molar-refractivity contribution is -0.0137. The fourth-order valence-electron chi connectivity index (χ4n) is 1.97. The summed E-state index contributed by atoms with van der Waals surface area (Å²) in [6, 6.07) is 10.4. The molecule has 2 atom stereocenters. The Bertz CT molecular complexity index is 315. The maximum atomic E-state index is 5.82. The van der Waals surface area contributed by atoms with Gasteiger partial charge in [-0.15, -0.1) is 0 Å². The lowest BCUT2D eigenvalue weighted by Crippen LogP contribution is -2.23. The first-order valence-corrected chi connectivity index (χ1v) is 5.73. The molecule has 1 heterocycles. The van der Waals surface area contributed by atoms with E-state index in [4.69, 9.17) is 4.74 Å². The highest BCUT2D eigenvalue weighted by Crippen LogP contribution is 2.20. The summed E-state index contributed by atoms with van der Waals surface area (Å²) in [5.41, 5.74) is 1.25. The third-order valence-electron chi connectivity index (χ3n) is 2.81. The molecule has 1 aliphatic rings. The quantitative estimate of drug-likeness (QED) is 0.711. The fraction of sp³-hybridized carbons (Fsp3) is 0.429. The first kappa shape index (κ1) is 10.4. The number of ether oxygens (including phenoxy) is 1. The number of benzene rings is 1. The first-order chi connectivity index (χ1) is 7.34. The summed E-state index contributed by atoms with van der Waals surface area (Å²) in [6.07, 6.45) is 8.72. The van der Waals surface area contributed by atoms with E-state index < -0.39 is 0 Å². The Kier molecular flexibility index (Phi) is 3.57. The molecule has 2 rings (SSSR count). The van der Waals surface area contributed by atoms with Gasteiger partial charge in [-0.05, 0) is 31.7 Å². The van der Waals surface area contributed by atoms with Gasteiger partial charge in [0.05, 0.1) is 12.2 Å². The van der Waals surface area contributed by atoms with Gasteiger partial charge in [-0.2, -0.15) is 0 Å². The Morgan fingerprint density at radius 3 is 2.73 bits per heavy atom. The molecule has 0 unspecified atom stereocenters. The van der Waals surface area contributed by atoms with Crippen molar-refractivity contribution in [2.75, 3.05) is 0 Å². The van der Waals surface area contributed by atoms with E-state index in [1.165, 1.54) is 18.4 Å². The molecule has 1 aliphatic heterocycles. The lowest BCUT2D eigenvalue weighted by atomic mass is 10.0. The SMILES string of the molecule is C[C@H]1CCC[C@H](C=Cc2ccccc2)O1. The molecule has 1 nitrogen and oxygen atoms in total. The lowest BCUT2D eigenvalue weighted by Gasteiger charge is -2.25. The fourth-order valence-corrected chi connectivity index (χ4v) is 1.97. The van der Waals surface area contributed by atoms with Crippen molar-refractivity contribution in [3.8, 4) is 0 Å². The molecule has 1 aromatic carbocycles. The standard InChI is InChI=1S/C14H18O/c1-12-6-5-9-14(15-12)11-10-13-7-3-2-4-8-13/h2-4,7-8,10-12,14H,5-6,9H2,1H3/t12-,14+/m0/s1. The van der Waals surface area contributed by atoms with Gasteiger partial charge in [-0.3, -0.25) is 0 Å². The molecule has 0 spiro atoms. The van der Waals surface area contributed by atoms with Crippen molar-refractivity contribution < 1.29 is 4.74 Å². The van der Waals surface area contributed by atoms with Crippen LogP contribution >= 0.6 is 0 Å². The highest BCUT2D eigenvalue weighted by atomic mass is 16.5. The molecule has 0 aliphatic carbocycles. The molecule has 1 fully saturated rings. The minimum atomic E-state index is 0.314. The van der Waals surface area contributed by atoms with Gasteiger partial charge in [0.2, 0.25) is 0 Å². The van der Waals surface area contributed by atoms with Gasteiger partial charge < -0.3 is 4.74 Å². The molecule has 1 heteroatoms. The van der Waals surface area contributed by atoms with E-state index in [2.05, 4.69) is 43.3 Å². The second kappa shape index (κ2) is 5.13. The van der Waals surface area contributed by atoms with E-state index >= 15 is 0 Å². The third-order valence-corrected chi connectivity index (χ3v) is 2.81. The molecule has 0 amide bonds. The average Bonchev–Trinajstić information content (AvgIpc) is 2.28. The minimum Gasteiger partial charge on any atom is -0.371 e. The van der Waals surface area contributed by atoms with Crippen LogP contribution in [0.4, 0.5) is 0 Å². The van der Waals surface area contributed by atoms with Gasteiger partial charge >= 0.3 is 0 Å². The van der Waals surface area contributed by atoms with Gasteiger partial charge in [0.25, 0.3) is 0 Å². The van der Waals surface area contributed by atoms with Crippen LogP contribution in [0.1, 0.15) is 31.7 Å². The maximum absolute atomic E-state index is 5.82. The van der Waals surface area contributed by atoms with Crippen molar-refractivity contribution in [2.45, 2.75) is 38.4 Å². The number of hydrogen-bond donors (Lipinski definition) is 0. The monoisotopic (exact) mass is 202 g/mol. The summed E-state index contributed by atoms with van der Waals surface area (Å²) in [4.78, 5) is 0. The molecule has 15 heavy (non-hydrogen) atoms. The number of hydrogen-bond acceptors (Lipinski definition) is 1. The first-order valence-electron chi connectivity index (χ1n) is 5.73. The van der Waals surface area contributed by atoms with Gasteiger partial charge in [0, 0.05) is 0 Å². The Morgan fingerprint density at radius 1 is 1.20 bits per heavy atom. The summed E-state index contributed by atoms with van der Waals surface area (Å²) in [5.74, 6) is 0. The van der Waals surface area contributed by atoms with Crippen molar-refractivity contribution in [3.05, 3.63) is 42.0 Å². The van der Waals surface area contributed by atoms with E-state index in [9.17, 15) is 0 Å². The van der Waals surface area contributed by atoms with Crippen molar-refractivity contribution >= 4 is 6.08 Å². The van der Waals surface area contributed by atoms with E-state index in [1.54, 1.807) is 0 Å². The van der Waals surface area contributed by atoms with Crippen LogP contribution in [0.5, 0.6) is 0 Å². The Balaban J connectivity index is 1.93. The van der Waals surface area contributed by atoms with Crippen molar-refractivity contribution in [1.29, 1.82) is 0 Å². The van der Waals surface area contributed by atoms with Crippen LogP contribution in [0.25, 0.3) is 6.08 Å². The van der Waals surface area contributed by atoms with E-state index in [-0.39, 0.29) is 0 Å². The molecule has 1 aromatic rings. The topological polar surface area (TPSA) is 9.23 Å². The largest absolute Gasteiger partial charge is 0.371 e. The van der Waals surface area contributed by atoms with E-state index in [1.807, 2.05) is 6.07 Å². The molecule has 1 saturated heterocycles. The zero-order chi connectivity index (χ0) is 10.5. The Hall–Kier alpha value is -1.08. The smallest absolute Gasteiger partial charge is 0.0762 e. The summed E-state index contributed by atoms with van der Waals surface area (Å²) in [5, 5.41) is 0. The summed E-state index contributed by atoms with van der Waals surface area (Å²) < 4.78 is 5.82. The second-order valence-electron chi connectivity index (χ2n) is 4.19. The van der Waals surface area contributed by atoms with Crippen LogP contribution in [-0.2, 0) is 4.74 Å². The molecule has 0 aromatic heterocycles. The summed E-state index contributed by atoms with van der Waals surface area (Å²) in [6.45, 7) is 2.16. The van der Waals surface area contributed by atoms with Crippen LogP contribution in [0.3, 0.4) is 0 Å². The van der Waals surface area contributed by atoms with Gasteiger partial charge in [-0.1, -0.05) is 42.5 Å². The van der Waals surface area contributed by atoms with Crippen LogP contribution in [0.15, 0.2) is 36.4 Å². The second-order valence-corrected chi connectivity index (χ2v) is 4.19. The van der Waals surface area contributed by atoms with Gasteiger partial charge in [0.15, 0.2) is 0 Å².